The highest BCUT2D eigenvalue weighted by Gasteiger charge is 2.33. The summed E-state index contributed by atoms with van der Waals surface area (Å²) in [7, 11) is 0. The summed E-state index contributed by atoms with van der Waals surface area (Å²) < 4.78 is 0. The van der Waals surface area contributed by atoms with Crippen molar-refractivity contribution in [3.8, 4) is 0 Å². The van der Waals surface area contributed by atoms with E-state index in [0.29, 0.717) is 24.9 Å². The van der Waals surface area contributed by atoms with Crippen LogP contribution in [0.15, 0.2) is 30.5 Å². The van der Waals surface area contributed by atoms with E-state index < -0.39 is 72.2 Å². The van der Waals surface area contributed by atoms with E-state index in [2.05, 4.69) is 26.3 Å². The van der Waals surface area contributed by atoms with Gasteiger partial charge in [-0.1, -0.05) is 45.9 Å². The Morgan fingerprint density at radius 3 is 1.81 bits per heavy atom. The summed E-state index contributed by atoms with van der Waals surface area (Å²) >= 11 is 0. The molecule has 0 spiro atoms. The van der Waals surface area contributed by atoms with Crippen molar-refractivity contribution in [3.05, 3.63) is 36.0 Å². The standard InChI is InChI=1S/C33H51N7O8/c1-18(2)13-25(38-29(43)22(35)16-28(41)42)30(44)39-26(14-19(3)4)31(45)40-27(15-20-17-36-23-10-6-5-9-21(20)23)32(46)37-24(33(47)48)11-7-8-12-34/h5-6,9-10,17-19,22,24-27,36H,7-8,11-16,34-35H2,1-4H3,(H,37,46)(H,38,43)(H,39,44)(H,40,45)(H,41,42)(H,47,48)/t22-,24-,25-,26-,27-/m0/s1. The van der Waals surface area contributed by atoms with E-state index >= 15 is 0 Å². The Morgan fingerprint density at radius 1 is 0.750 bits per heavy atom. The monoisotopic (exact) mass is 673 g/mol. The predicted molar refractivity (Wildman–Crippen MR) is 179 cm³/mol. The van der Waals surface area contributed by atoms with Crippen LogP contribution in [0.4, 0.5) is 0 Å². The van der Waals surface area contributed by atoms with Crippen LogP contribution in [-0.2, 0) is 35.2 Å². The first-order valence-corrected chi connectivity index (χ1v) is 16.3. The van der Waals surface area contributed by atoms with Crippen LogP contribution in [-0.4, -0.2) is 87.5 Å². The molecule has 0 unspecified atom stereocenters. The van der Waals surface area contributed by atoms with E-state index in [0.717, 1.165) is 10.9 Å². The van der Waals surface area contributed by atoms with E-state index in [4.69, 9.17) is 16.6 Å². The lowest BCUT2D eigenvalue weighted by molar-refractivity contribution is -0.142. The minimum absolute atomic E-state index is 0.0204. The number of carbonyl (C=O) groups excluding carboxylic acids is 4. The molecule has 0 bridgehead atoms. The third kappa shape index (κ3) is 13.0. The van der Waals surface area contributed by atoms with Crippen molar-refractivity contribution in [3.63, 3.8) is 0 Å². The van der Waals surface area contributed by atoms with Crippen LogP contribution in [0.1, 0.15) is 71.8 Å². The van der Waals surface area contributed by atoms with Gasteiger partial charge in [-0.25, -0.2) is 4.79 Å². The number of carboxylic acids is 2. The fraction of sp³-hybridized carbons (Fsp3) is 0.576. The number of aromatic amines is 1. The molecule has 1 aromatic carbocycles. The van der Waals surface area contributed by atoms with E-state index in [1.165, 1.54) is 0 Å². The van der Waals surface area contributed by atoms with E-state index in [9.17, 15) is 33.9 Å². The average Bonchev–Trinajstić information content (AvgIpc) is 3.41. The van der Waals surface area contributed by atoms with Crippen LogP contribution in [0.25, 0.3) is 10.9 Å². The van der Waals surface area contributed by atoms with Crippen LogP contribution in [0.3, 0.4) is 0 Å². The first-order chi connectivity index (χ1) is 22.6. The summed E-state index contributed by atoms with van der Waals surface area (Å²) in [5.41, 5.74) is 12.8. The van der Waals surface area contributed by atoms with Gasteiger partial charge in [0.2, 0.25) is 23.6 Å². The summed E-state index contributed by atoms with van der Waals surface area (Å²) in [6.07, 6.45) is 2.67. The number of para-hydroxylation sites is 1. The first kappa shape index (κ1) is 39.7. The highest BCUT2D eigenvalue weighted by Crippen LogP contribution is 2.20. The molecular weight excluding hydrogens is 622 g/mol. The van der Waals surface area contributed by atoms with Gasteiger partial charge in [0.25, 0.3) is 0 Å². The second-order valence-electron chi connectivity index (χ2n) is 12.9. The number of H-pyrrole nitrogens is 1. The Labute approximate surface area is 280 Å². The van der Waals surface area contributed by atoms with Gasteiger partial charge in [-0.3, -0.25) is 24.0 Å². The molecule has 0 saturated heterocycles. The number of fused-ring (bicyclic) bond motifs is 1. The predicted octanol–water partition coefficient (Wildman–Crippen LogP) is 0.757. The Hall–Kier alpha value is -4.50. The quantitative estimate of drug-likeness (QED) is 0.0840. The lowest BCUT2D eigenvalue weighted by atomic mass is 9.98. The number of aliphatic carboxylic acids is 2. The summed E-state index contributed by atoms with van der Waals surface area (Å²) in [4.78, 5) is 79.7. The molecule has 2 aromatic rings. The molecule has 0 aliphatic carbocycles. The van der Waals surface area contributed by atoms with Crippen LogP contribution >= 0.6 is 0 Å². The lowest BCUT2D eigenvalue weighted by Gasteiger charge is -2.27. The molecule has 15 heteroatoms. The summed E-state index contributed by atoms with van der Waals surface area (Å²) in [5.74, 6) is -5.52. The van der Waals surface area contributed by atoms with Gasteiger partial charge in [-0.2, -0.15) is 0 Å². The van der Waals surface area contributed by atoms with Gasteiger partial charge in [0.05, 0.1) is 12.5 Å². The third-order valence-corrected chi connectivity index (χ3v) is 7.70. The van der Waals surface area contributed by atoms with Crippen molar-refractivity contribution in [1.29, 1.82) is 0 Å². The van der Waals surface area contributed by atoms with Crippen LogP contribution in [0.5, 0.6) is 0 Å². The number of carbonyl (C=O) groups is 6. The highest BCUT2D eigenvalue weighted by molar-refractivity contribution is 5.96. The minimum Gasteiger partial charge on any atom is -0.481 e. The molecule has 0 saturated carbocycles. The molecule has 48 heavy (non-hydrogen) atoms. The number of benzene rings is 1. The van der Waals surface area contributed by atoms with Gasteiger partial charge in [0.1, 0.15) is 24.2 Å². The van der Waals surface area contributed by atoms with Gasteiger partial charge in [0, 0.05) is 23.5 Å². The first-order valence-electron chi connectivity index (χ1n) is 16.3. The second-order valence-corrected chi connectivity index (χ2v) is 12.9. The normalized spacial score (nSPS) is 14.5. The van der Waals surface area contributed by atoms with E-state index in [-0.39, 0.29) is 37.5 Å². The number of nitrogens with one attached hydrogen (secondary N) is 5. The highest BCUT2D eigenvalue weighted by atomic mass is 16.4. The Balaban J connectivity index is 2.35. The number of aromatic nitrogens is 1. The lowest BCUT2D eigenvalue weighted by Crippen LogP contribution is -2.59. The third-order valence-electron chi connectivity index (χ3n) is 7.70. The van der Waals surface area contributed by atoms with Crippen LogP contribution in [0, 0.1) is 11.8 Å². The number of hydrogen-bond donors (Lipinski definition) is 9. The maximum atomic E-state index is 13.8. The Bertz CT molecular complexity index is 1410. The average molecular weight is 674 g/mol. The zero-order valence-electron chi connectivity index (χ0n) is 28.1. The van der Waals surface area contributed by atoms with Crippen molar-refractivity contribution in [2.45, 2.75) is 103 Å². The number of carboxylic acid groups (broad SMARTS) is 2. The zero-order chi connectivity index (χ0) is 36.0. The summed E-state index contributed by atoms with van der Waals surface area (Å²) in [6, 6.07) is 1.36. The molecule has 0 radical (unpaired) electrons. The molecule has 5 atom stereocenters. The molecule has 1 aromatic heterocycles. The summed E-state index contributed by atoms with van der Waals surface area (Å²) in [6.45, 7) is 7.73. The molecule has 266 valence electrons. The molecule has 15 nitrogen and oxygen atoms in total. The minimum atomic E-state index is -1.38. The van der Waals surface area contributed by atoms with Gasteiger partial charge in [0.15, 0.2) is 0 Å². The molecule has 2 rings (SSSR count). The van der Waals surface area contributed by atoms with Gasteiger partial charge in [-0.05, 0) is 62.1 Å². The molecule has 4 amide bonds. The second kappa shape index (κ2) is 19.4. The van der Waals surface area contributed by atoms with E-state index in [1.807, 2.05) is 52.0 Å². The Kier molecular flexibility index (Phi) is 16.0. The van der Waals surface area contributed by atoms with Gasteiger partial charge in [-0.15, -0.1) is 0 Å². The van der Waals surface area contributed by atoms with Crippen molar-refractivity contribution < 1.29 is 39.0 Å². The molecule has 0 fully saturated rings. The maximum Gasteiger partial charge on any atom is 0.326 e. The fourth-order valence-corrected chi connectivity index (χ4v) is 5.26. The molecule has 11 N–H and O–H groups in total. The Morgan fingerprint density at radius 2 is 1.27 bits per heavy atom. The number of hydrogen-bond acceptors (Lipinski definition) is 8. The topological polar surface area (TPSA) is 259 Å². The molecule has 0 aliphatic rings. The number of unbranched alkanes of at least 4 members (excludes halogenated alkanes) is 1. The SMILES string of the molecule is CC(C)C[C@H](NC(=O)[C@H](CC(C)C)NC(=O)[C@@H](N)CC(=O)O)C(=O)N[C@@H](Cc1c[nH]c2ccccc12)C(=O)N[C@@H](CCCCN)C(=O)O. The fourth-order valence-electron chi connectivity index (χ4n) is 5.26. The van der Waals surface area contributed by atoms with E-state index in [1.54, 1.807) is 6.20 Å². The van der Waals surface area contributed by atoms with Crippen LogP contribution < -0.4 is 32.7 Å². The largest absolute Gasteiger partial charge is 0.481 e. The van der Waals surface area contributed by atoms with Gasteiger partial charge >= 0.3 is 11.9 Å². The molecular formula is C33H51N7O8. The van der Waals surface area contributed by atoms with Gasteiger partial charge < -0.3 is 47.9 Å². The van der Waals surface area contributed by atoms with Crippen LogP contribution in [0.2, 0.25) is 0 Å². The van der Waals surface area contributed by atoms with Crippen molar-refractivity contribution >= 4 is 46.5 Å². The number of rotatable bonds is 21. The number of amides is 4. The smallest absolute Gasteiger partial charge is 0.326 e. The van der Waals surface area contributed by atoms with Crippen molar-refractivity contribution in [1.82, 2.24) is 26.3 Å². The van der Waals surface area contributed by atoms with Crippen molar-refractivity contribution in [2.75, 3.05) is 6.54 Å². The molecule has 0 aliphatic heterocycles. The maximum absolute atomic E-state index is 13.8. The van der Waals surface area contributed by atoms with Crippen molar-refractivity contribution in [2.24, 2.45) is 23.3 Å². The zero-order valence-corrected chi connectivity index (χ0v) is 28.1. The molecule has 1 heterocycles. The number of nitrogens with two attached hydrogens (primary N) is 2. The summed E-state index contributed by atoms with van der Waals surface area (Å²) in [5, 5.41) is 30.1.